The normalized spacial score (nSPS) is 13.1. The maximum absolute atomic E-state index is 11.6. The van der Waals surface area contributed by atoms with Gasteiger partial charge < -0.3 is 11.1 Å². The molecule has 0 saturated carbocycles. The lowest BCUT2D eigenvalue weighted by Gasteiger charge is -2.09. The van der Waals surface area contributed by atoms with Gasteiger partial charge in [-0.25, -0.2) is 9.97 Å². The molecule has 0 saturated heterocycles. The van der Waals surface area contributed by atoms with Crippen LogP contribution in [-0.2, 0) is 0 Å². The molecular formula is C12H8ClN5O2. The molecule has 1 aromatic carbocycles. The number of carbonyl (C=O) groups excluding carboxylic acids is 2. The van der Waals surface area contributed by atoms with Gasteiger partial charge in [0.2, 0.25) is 0 Å². The van der Waals surface area contributed by atoms with Gasteiger partial charge in [-0.15, -0.1) is 0 Å². The second-order valence-corrected chi connectivity index (χ2v) is 4.45. The van der Waals surface area contributed by atoms with Crippen molar-refractivity contribution in [1.82, 2.24) is 15.3 Å². The molecule has 0 unspecified atom stereocenters. The third-order valence-electron chi connectivity index (χ3n) is 2.83. The molecule has 8 heteroatoms. The van der Waals surface area contributed by atoms with E-state index in [0.717, 1.165) is 0 Å². The number of nitrogens with two attached hydrogens (primary N) is 1. The number of aromatic nitrogens is 2. The first-order valence-electron chi connectivity index (χ1n) is 5.59. The Morgan fingerprint density at radius 3 is 2.70 bits per heavy atom. The molecule has 0 spiro atoms. The summed E-state index contributed by atoms with van der Waals surface area (Å²) in [4.78, 5) is 30.7. The van der Waals surface area contributed by atoms with Crippen molar-refractivity contribution in [3.63, 3.8) is 0 Å². The molecule has 0 fully saturated rings. The molecule has 2 aromatic rings. The van der Waals surface area contributed by atoms with E-state index in [0.29, 0.717) is 22.6 Å². The van der Waals surface area contributed by atoms with Crippen molar-refractivity contribution in [2.75, 3.05) is 11.1 Å². The van der Waals surface area contributed by atoms with E-state index >= 15 is 0 Å². The number of amides is 2. The lowest BCUT2D eigenvalue weighted by Crippen LogP contribution is -2.19. The molecule has 1 aliphatic heterocycles. The Labute approximate surface area is 118 Å². The lowest BCUT2D eigenvalue weighted by atomic mass is 10.1. The monoisotopic (exact) mass is 289 g/mol. The zero-order valence-electron chi connectivity index (χ0n) is 9.98. The van der Waals surface area contributed by atoms with E-state index in [1.165, 1.54) is 6.33 Å². The van der Waals surface area contributed by atoms with Crippen molar-refractivity contribution < 1.29 is 9.59 Å². The van der Waals surface area contributed by atoms with Crippen LogP contribution in [0.15, 0.2) is 24.5 Å². The number of nitrogens with zero attached hydrogens (tertiary/aromatic N) is 2. The van der Waals surface area contributed by atoms with Gasteiger partial charge in [0.1, 0.15) is 12.0 Å². The van der Waals surface area contributed by atoms with Gasteiger partial charge in [-0.1, -0.05) is 11.6 Å². The van der Waals surface area contributed by atoms with Gasteiger partial charge >= 0.3 is 0 Å². The van der Waals surface area contributed by atoms with Crippen molar-refractivity contribution in [2.45, 2.75) is 0 Å². The lowest BCUT2D eigenvalue weighted by molar-refractivity contribution is 0.0879. The Hall–Kier alpha value is -2.67. The molecule has 7 nitrogen and oxygen atoms in total. The Balaban J connectivity index is 1.97. The van der Waals surface area contributed by atoms with E-state index in [1.807, 2.05) is 0 Å². The number of nitrogens with one attached hydrogen (secondary N) is 2. The SMILES string of the molecule is Nc1c(Cl)ncnc1Nc1ccc2c(c1)C(=O)NC2=O. The van der Waals surface area contributed by atoms with Crippen LogP contribution in [0.1, 0.15) is 20.7 Å². The molecule has 0 radical (unpaired) electrons. The highest BCUT2D eigenvalue weighted by molar-refractivity contribution is 6.32. The predicted octanol–water partition coefficient (Wildman–Crippen LogP) is 1.34. The molecule has 0 aliphatic carbocycles. The van der Waals surface area contributed by atoms with Crippen LogP contribution >= 0.6 is 11.6 Å². The quantitative estimate of drug-likeness (QED) is 0.568. The number of carbonyl (C=O) groups is 2. The number of imide groups is 1. The van der Waals surface area contributed by atoms with E-state index in [9.17, 15) is 9.59 Å². The summed E-state index contributed by atoms with van der Waals surface area (Å²) < 4.78 is 0. The summed E-state index contributed by atoms with van der Waals surface area (Å²) in [6.45, 7) is 0. The van der Waals surface area contributed by atoms with Crippen molar-refractivity contribution in [3.8, 4) is 0 Å². The zero-order chi connectivity index (χ0) is 14.3. The number of fused-ring (bicyclic) bond motifs is 1. The van der Waals surface area contributed by atoms with Gasteiger partial charge in [-0.3, -0.25) is 14.9 Å². The Morgan fingerprint density at radius 2 is 1.90 bits per heavy atom. The van der Waals surface area contributed by atoms with E-state index < -0.39 is 11.8 Å². The summed E-state index contributed by atoms with van der Waals surface area (Å²) in [5.74, 6) is -0.502. The molecule has 4 N–H and O–H groups in total. The number of halogens is 1. The minimum atomic E-state index is -0.428. The standard InChI is InChI=1S/C12H8ClN5O2/c13-9-8(14)10(16-4-15-9)17-5-1-2-6-7(3-5)12(20)18-11(6)19/h1-4H,14H2,(H,15,16,17)(H,18,19,20). The summed E-state index contributed by atoms with van der Waals surface area (Å²) in [5.41, 5.74) is 7.15. The molecule has 0 atom stereocenters. The topological polar surface area (TPSA) is 110 Å². The van der Waals surface area contributed by atoms with Gasteiger partial charge in [0.05, 0.1) is 11.1 Å². The van der Waals surface area contributed by atoms with Gasteiger partial charge in [0.25, 0.3) is 11.8 Å². The van der Waals surface area contributed by atoms with E-state index in [2.05, 4.69) is 20.6 Å². The number of benzene rings is 1. The highest BCUT2D eigenvalue weighted by Crippen LogP contribution is 2.27. The average Bonchev–Trinajstić information content (AvgIpc) is 2.70. The highest BCUT2D eigenvalue weighted by Gasteiger charge is 2.26. The van der Waals surface area contributed by atoms with Crippen LogP contribution in [0, 0.1) is 0 Å². The molecule has 0 bridgehead atoms. The fraction of sp³-hybridized carbons (Fsp3) is 0. The highest BCUT2D eigenvalue weighted by atomic mass is 35.5. The van der Waals surface area contributed by atoms with Crippen LogP contribution in [0.3, 0.4) is 0 Å². The first-order chi connectivity index (χ1) is 9.56. The molecule has 3 rings (SSSR count). The van der Waals surface area contributed by atoms with E-state index in [4.69, 9.17) is 17.3 Å². The summed E-state index contributed by atoms with van der Waals surface area (Å²) in [6, 6.07) is 4.74. The van der Waals surface area contributed by atoms with Crippen molar-refractivity contribution in [3.05, 3.63) is 40.8 Å². The maximum Gasteiger partial charge on any atom is 0.259 e. The molecule has 2 heterocycles. The van der Waals surface area contributed by atoms with Crippen LogP contribution in [0.5, 0.6) is 0 Å². The molecule has 1 aromatic heterocycles. The Kier molecular flexibility index (Phi) is 2.76. The fourth-order valence-corrected chi connectivity index (χ4v) is 1.99. The zero-order valence-corrected chi connectivity index (χ0v) is 10.7. The Bertz CT molecular complexity index is 747. The third kappa shape index (κ3) is 1.94. The van der Waals surface area contributed by atoms with Crippen LogP contribution in [-0.4, -0.2) is 21.8 Å². The summed E-state index contributed by atoms with van der Waals surface area (Å²) in [6.07, 6.45) is 1.27. The van der Waals surface area contributed by atoms with Crippen molar-refractivity contribution in [1.29, 1.82) is 0 Å². The minimum absolute atomic E-state index is 0.136. The van der Waals surface area contributed by atoms with Crippen LogP contribution < -0.4 is 16.4 Å². The maximum atomic E-state index is 11.6. The summed E-state index contributed by atoms with van der Waals surface area (Å²) >= 11 is 5.79. The number of nitrogen functional groups attached to an aromatic ring is 1. The molecule has 20 heavy (non-hydrogen) atoms. The van der Waals surface area contributed by atoms with Crippen LogP contribution in [0.2, 0.25) is 5.15 Å². The second-order valence-electron chi connectivity index (χ2n) is 4.10. The molecular weight excluding hydrogens is 282 g/mol. The van der Waals surface area contributed by atoms with Gasteiger partial charge in [0, 0.05) is 5.69 Å². The summed E-state index contributed by atoms with van der Waals surface area (Å²) in [7, 11) is 0. The predicted molar refractivity (Wildman–Crippen MR) is 73.0 cm³/mol. The minimum Gasteiger partial charge on any atom is -0.393 e. The first kappa shape index (κ1) is 12.4. The van der Waals surface area contributed by atoms with Crippen molar-refractivity contribution >= 4 is 40.6 Å². The van der Waals surface area contributed by atoms with Gasteiger partial charge in [0.15, 0.2) is 11.0 Å². The average molecular weight is 290 g/mol. The van der Waals surface area contributed by atoms with E-state index in [-0.39, 0.29) is 10.8 Å². The summed E-state index contributed by atoms with van der Waals surface area (Å²) in [5, 5.41) is 5.28. The smallest absolute Gasteiger partial charge is 0.259 e. The largest absolute Gasteiger partial charge is 0.393 e. The number of rotatable bonds is 2. The van der Waals surface area contributed by atoms with Crippen LogP contribution in [0.25, 0.3) is 0 Å². The first-order valence-corrected chi connectivity index (χ1v) is 5.97. The van der Waals surface area contributed by atoms with Crippen LogP contribution in [0.4, 0.5) is 17.2 Å². The Morgan fingerprint density at radius 1 is 1.15 bits per heavy atom. The molecule has 2 amide bonds. The van der Waals surface area contributed by atoms with Gasteiger partial charge in [-0.05, 0) is 18.2 Å². The van der Waals surface area contributed by atoms with E-state index in [1.54, 1.807) is 18.2 Å². The van der Waals surface area contributed by atoms with Gasteiger partial charge in [-0.2, -0.15) is 0 Å². The number of anilines is 3. The second kappa shape index (κ2) is 4.46. The number of hydrogen-bond donors (Lipinski definition) is 3. The van der Waals surface area contributed by atoms with Crippen molar-refractivity contribution in [2.24, 2.45) is 0 Å². The fourth-order valence-electron chi connectivity index (χ4n) is 1.86. The number of hydrogen-bond acceptors (Lipinski definition) is 6. The molecule has 100 valence electrons. The third-order valence-corrected chi connectivity index (χ3v) is 3.14. The molecule has 1 aliphatic rings.